The maximum atomic E-state index is 5.88. The second-order valence-electron chi connectivity index (χ2n) is 5.08. The third kappa shape index (κ3) is 3.00. The topological polar surface area (TPSA) is 79.5 Å². The number of nitrogens with two attached hydrogens (primary N) is 1. The number of nitrogens with zero attached hydrogens (tertiary/aromatic N) is 2. The van der Waals surface area contributed by atoms with Gasteiger partial charge in [0, 0.05) is 18.1 Å². The van der Waals surface area contributed by atoms with Crippen LogP contribution in [-0.4, -0.2) is 36.4 Å². The molecular formula is C15H19N3O3. The Hall–Kier alpha value is -2.08. The highest BCUT2D eigenvalue weighted by Gasteiger charge is 2.16. The quantitative estimate of drug-likeness (QED) is 0.929. The summed E-state index contributed by atoms with van der Waals surface area (Å²) >= 11 is 0. The number of hydrogen-bond donors (Lipinski definition) is 1. The van der Waals surface area contributed by atoms with Crippen LogP contribution in [0.25, 0.3) is 10.9 Å². The lowest BCUT2D eigenvalue weighted by atomic mass is 10.1. The first-order valence-corrected chi connectivity index (χ1v) is 7.10. The maximum Gasteiger partial charge on any atom is 0.162 e. The Balaban J connectivity index is 1.84. The maximum absolute atomic E-state index is 5.88. The van der Waals surface area contributed by atoms with E-state index in [1.165, 1.54) is 12.7 Å². The molecule has 0 bridgehead atoms. The predicted molar refractivity (Wildman–Crippen MR) is 79.6 cm³/mol. The van der Waals surface area contributed by atoms with Gasteiger partial charge in [-0.1, -0.05) is 0 Å². The van der Waals surface area contributed by atoms with E-state index in [0.717, 1.165) is 30.4 Å². The minimum absolute atomic E-state index is 0.142. The van der Waals surface area contributed by atoms with Gasteiger partial charge in [-0.2, -0.15) is 0 Å². The molecule has 2 aromatic rings. The Morgan fingerprint density at radius 1 is 1.29 bits per heavy atom. The zero-order chi connectivity index (χ0) is 14.7. The fourth-order valence-corrected chi connectivity index (χ4v) is 2.48. The second kappa shape index (κ2) is 6.13. The van der Waals surface area contributed by atoms with Gasteiger partial charge in [0.1, 0.15) is 18.8 Å². The smallest absolute Gasteiger partial charge is 0.162 e. The number of rotatable bonds is 4. The molecule has 0 spiro atoms. The van der Waals surface area contributed by atoms with Crippen molar-refractivity contribution in [2.75, 3.05) is 26.1 Å². The van der Waals surface area contributed by atoms with Gasteiger partial charge in [-0.15, -0.1) is 0 Å². The average molecular weight is 289 g/mol. The molecule has 0 aliphatic carbocycles. The molecule has 21 heavy (non-hydrogen) atoms. The third-order valence-corrected chi connectivity index (χ3v) is 3.65. The summed E-state index contributed by atoms with van der Waals surface area (Å²) in [5, 5.41) is 0.762. The highest BCUT2D eigenvalue weighted by atomic mass is 16.5. The van der Waals surface area contributed by atoms with Gasteiger partial charge in [-0.05, 0) is 25.3 Å². The molecule has 1 aliphatic rings. The van der Waals surface area contributed by atoms with Gasteiger partial charge in [0.25, 0.3) is 0 Å². The molecular weight excluding hydrogens is 270 g/mol. The van der Waals surface area contributed by atoms with Crippen LogP contribution in [0.15, 0.2) is 18.5 Å². The van der Waals surface area contributed by atoms with Crippen LogP contribution in [0.3, 0.4) is 0 Å². The molecule has 6 heteroatoms. The molecule has 1 fully saturated rings. The number of nitrogen functional groups attached to an aromatic ring is 1. The Bertz CT molecular complexity index is 627. The third-order valence-electron chi connectivity index (χ3n) is 3.65. The van der Waals surface area contributed by atoms with E-state index in [2.05, 4.69) is 9.97 Å². The van der Waals surface area contributed by atoms with Gasteiger partial charge in [-0.3, -0.25) is 0 Å². The molecule has 112 valence electrons. The van der Waals surface area contributed by atoms with Gasteiger partial charge in [0.2, 0.25) is 0 Å². The van der Waals surface area contributed by atoms with Crippen LogP contribution < -0.4 is 15.2 Å². The van der Waals surface area contributed by atoms with Crippen LogP contribution in [0.5, 0.6) is 11.5 Å². The fourth-order valence-electron chi connectivity index (χ4n) is 2.48. The van der Waals surface area contributed by atoms with Gasteiger partial charge in [-0.25, -0.2) is 9.97 Å². The number of benzene rings is 1. The number of fused-ring (bicyclic) bond motifs is 1. The molecule has 0 radical (unpaired) electrons. The molecule has 1 aromatic heterocycles. The molecule has 0 amide bonds. The normalized spacial score (nSPS) is 18.6. The monoisotopic (exact) mass is 289 g/mol. The van der Waals surface area contributed by atoms with Crippen molar-refractivity contribution in [3.8, 4) is 11.5 Å². The molecule has 1 aromatic carbocycles. The van der Waals surface area contributed by atoms with Crippen molar-refractivity contribution in [2.24, 2.45) is 0 Å². The van der Waals surface area contributed by atoms with E-state index < -0.39 is 0 Å². The lowest BCUT2D eigenvalue weighted by Crippen LogP contribution is -2.25. The lowest BCUT2D eigenvalue weighted by Gasteiger charge is -2.23. The molecule has 1 aliphatic heterocycles. The van der Waals surface area contributed by atoms with Crippen LogP contribution >= 0.6 is 0 Å². The minimum atomic E-state index is 0.142. The Labute approximate surface area is 123 Å². The number of anilines is 1. The van der Waals surface area contributed by atoms with E-state index in [1.54, 1.807) is 7.11 Å². The Morgan fingerprint density at radius 3 is 2.95 bits per heavy atom. The summed E-state index contributed by atoms with van der Waals surface area (Å²) in [6.07, 6.45) is 4.92. The average Bonchev–Trinajstić information content (AvgIpc) is 2.53. The predicted octanol–water partition coefficient (Wildman–Crippen LogP) is 2.17. The fraction of sp³-hybridized carbons (Fsp3) is 0.467. The number of ether oxygens (including phenoxy) is 3. The standard InChI is InChI=1S/C15H19N3O3/c1-19-13-7-12-11(15(16)18-9-17-12)6-14(13)21-8-10-4-2-3-5-20-10/h6-7,9-10H,2-5,8H2,1H3,(H2,16,17,18). The number of hydrogen-bond acceptors (Lipinski definition) is 6. The first-order chi connectivity index (χ1) is 10.3. The summed E-state index contributed by atoms with van der Waals surface area (Å²) in [4.78, 5) is 8.19. The largest absolute Gasteiger partial charge is 0.493 e. The molecule has 1 unspecified atom stereocenters. The summed E-state index contributed by atoms with van der Waals surface area (Å²) in [7, 11) is 1.61. The van der Waals surface area contributed by atoms with Crippen molar-refractivity contribution in [1.82, 2.24) is 9.97 Å². The van der Waals surface area contributed by atoms with Crippen molar-refractivity contribution in [2.45, 2.75) is 25.4 Å². The summed E-state index contributed by atoms with van der Waals surface area (Å²) in [6.45, 7) is 1.32. The van der Waals surface area contributed by atoms with Gasteiger partial charge in [0.15, 0.2) is 11.5 Å². The zero-order valence-corrected chi connectivity index (χ0v) is 12.0. The Morgan fingerprint density at radius 2 is 2.19 bits per heavy atom. The molecule has 1 saturated heterocycles. The molecule has 6 nitrogen and oxygen atoms in total. The zero-order valence-electron chi connectivity index (χ0n) is 12.0. The van der Waals surface area contributed by atoms with E-state index >= 15 is 0 Å². The van der Waals surface area contributed by atoms with Crippen molar-refractivity contribution in [3.05, 3.63) is 18.5 Å². The summed E-state index contributed by atoms with van der Waals surface area (Å²) in [5.74, 6) is 1.71. The van der Waals surface area contributed by atoms with E-state index in [4.69, 9.17) is 19.9 Å². The molecule has 1 atom stereocenters. The van der Waals surface area contributed by atoms with Crippen molar-refractivity contribution in [3.63, 3.8) is 0 Å². The van der Waals surface area contributed by atoms with Crippen LogP contribution in [-0.2, 0) is 4.74 Å². The van der Waals surface area contributed by atoms with Crippen molar-refractivity contribution in [1.29, 1.82) is 0 Å². The molecule has 3 rings (SSSR count). The van der Waals surface area contributed by atoms with Gasteiger partial charge >= 0.3 is 0 Å². The van der Waals surface area contributed by atoms with Gasteiger partial charge < -0.3 is 19.9 Å². The highest BCUT2D eigenvalue weighted by Crippen LogP contribution is 2.33. The minimum Gasteiger partial charge on any atom is -0.493 e. The van der Waals surface area contributed by atoms with E-state index in [1.807, 2.05) is 12.1 Å². The van der Waals surface area contributed by atoms with Crippen LogP contribution in [0.2, 0.25) is 0 Å². The summed E-state index contributed by atoms with van der Waals surface area (Å²) in [6, 6.07) is 3.64. The molecule has 2 N–H and O–H groups in total. The first-order valence-electron chi connectivity index (χ1n) is 7.10. The van der Waals surface area contributed by atoms with Crippen LogP contribution in [0, 0.1) is 0 Å². The molecule has 2 heterocycles. The lowest BCUT2D eigenvalue weighted by molar-refractivity contribution is -0.0114. The van der Waals surface area contributed by atoms with Crippen molar-refractivity contribution < 1.29 is 14.2 Å². The van der Waals surface area contributed by atoms with Gasteiger partial charge in [0.05, 0.1) is 18.7 Å². The van der Waals surface area contributed by atoms with Crippen LogP contribution in [0.4, 0.5) is 5.82 Å². The molecule has 0 saturated carbocycles. The SMILES string of the molecule is COc1cc2ncnc(N)c2cc1OCC1CCCCO1. The number of aromatic nitrogens is 2. The van der Waals surface area contributed by atoms with Crippen LogP contribution in [0.1, 0.15) is 19.3 Å². The van der Waals surface area contributed by atoms with E-state index in [9.17, 15) is 0 Å². The number of methoxy groups -OCH3 is 1. The summed E-state index contributed by atoms with van der Waals surface area (Å²) < 4.78 is 16.9. The van der Waals surface area contributed by atoms with Crippen molar-refractivity contribution >= 4 is 16.7 Å². The highest BCUT2D eigenvalue weighted by molar-refractivity contribution is 5.90. The van der Waals surface area contributed by atoms with E-state index in [0.29, 0.717) is 23.9 Å². The summed E-state index contributed by atoms with van der Waals surface area (Å²) in [5.41, 5.74) is 6.62. The second-order valence-corrected chi connectivity index (χ2v) is 5.08. The van der Waals surface area contributed by atoms with E-state index in [-0.39, 0.29) is 6.10 Å². The Kier molecular flexibility index (Phi) is 4.06. The first kappa shape index (κ1) is 13.9.